The molecule has 0 saturated carbocycles. The Labute approximate surface area is 237 Å². The van der Waals surface area contributed by atoms with Crippen molar-refractivity contribution >= 4 is 63.8 Å². The maximum absolute atomic E-state index is 13.2. The lowest BCUT2D eigenvalue weighted by Gasteiger charge is -2.26. The van der Waals surface area contributed by atoms with E-state index in [4.69, 9.17) is 9.47 Å². The highest BCUT2D eigenvalue weighted by Gasteiger charge is 2.37. The number of hydrogen-bond acceptors (Lipinski definition) is 7. The Bertz CT molecular complexity index is 1480. The second-order valence-electron chi connectivity index (χ2n) is 8.44. The predicted molar refractivity (Wildman–Crippen MR) is 153 cm³/mol. The topological polar surface area (TPSA) is 134 Å². The number of ether oxygens (including phenoxy) is 2. The van der Waals surface area contributed by atoms with Crippen LogP contribution in [-0.4, -0.2) is 42.1 Å². The highest BCUT2D eigenvalue weighted by atomic mass is 127. The van der Waals surface area contributed by atoms with Gasteiger partial charge in [0, 0.05) is 5.69 Å². The van der Waals surface area contributed by atoms with Crippen LogP contribution in [0.25, 0.3) is 6.08 Å². The first-order chi connectivity index (χ1) is 18.7. The number of phenolic OH excluding ortho intramolecular Hbond substituents is 1. The fourth-order valence-electron chi connectivity index (χ4n) is 3.79. The molecule has 0 radical (unpaired) electrons. The van der Waals surface area contributed by atoms with Crippen LogP contribution < -0.4 is 25.0 Å². The number of carbonyl (C=O) groups excluding carboxylic acids is 4. The van der Waals surface area contributed by atoms with Gasteiger partial charge in [0.1, 0.15) is 11.3 Å². The molecule has 1 aliphatic rings. The zero-order valence-electron chi connectivity index (χ0n) is 21.0. The maximum atomic E-state index is 13.2. The summed E-state index contributed by atoms with van der Waals surface area (Å²) in [6, 6.07) is 15.1. The Hall–Kier alpha value is -4.39. The molecule has 0 spiro atoms. The number of nitrogens with one attached hydrogen (secondary N) is 2. The minimum atomic E-state index is -0.898. The number of aryl methyl sites for hydroxylation is 1. The summed E-state index contributed by atoms with van der Waals surface area (Å²) in [4.78, 5) is 51.4. The van der Waals surface area contributed by atoms with E-state index in [0.29, 0.717) is 32.9 Å². The standard InChI is InChI=1S/C28H24IN3O7/c1-3-38-23-14-17(13-22(29)25(23)39-15-24(34)30-18-6-4-5-16(2)11-18)12-21-26(35)31-28(37)32(27(21)36)19-7-9-20(33)10-8-19/h4-14,33H,3,15H2,1-2H3,(H,30,34)(H,31,35,37)/b21-12+. The Morgan fingerprint density at radius 1 is 1.08 bits per heavy atom. The summed E-state index contributed by atoms with van der Waals surface area (Å²) >= 11 is 2.01. The lowest BCUT2D eigenvalue weighted by molar-refractivity contribution is -0.122. The van der Waals surface area contributed by atoms with Gasteiger partial charge in [0.15, 0.2) is 18.1 Å². The van der Waals surface area contributed by atoms with Crippen LogP contribution in [0.2, 0.25) is 0 Å². The van der Waals surface area contributed by atoms with Gasteiger partial charge in [0.25, 0.3) is 17.7 Å². The molecule has 1 fully saturated rings. The second-order valence-corrected chi connectivity index (χ2v) is 9.61. The third kappa shape index (κ3) is 6.55. The number of rotatable bonds is 8. The Balaban J connectivity index is 1.58. The molecular formula is C28H24IN3O7. The summed E-state index contributed by atoms with van der Waals surface area (Å²) in [6.07, 6.45) is 1.34. The minimum absolute atomic E-state index is 0.0385. The van der Waals surface area contributed by atoms with E-state index in [1.54, 1.807) is 25.1 Å². The molecule has 200 valence electrons. The average Bonchev–Trinajstić information content (AvgIpc) is 2.87. The quantitative estimate of drug-likeness (QED) is 0.189. The molecule has 4 rings (SSSR count). The normalized spacial score (nSPS) is 14.3. The Kier molecular flexibility index (Phi) is 8.49. The molecule has 1 heterocycles. The van der Waals surface area contributed by atoms with Crippen molar-refractivity contribution in [3.63, 3.8) is 0 Å². The number of benzene rings is 3. The summed E-state index contributed by atoms with van der Waals surface area (Å²) < 4.78 is 12.1. The van der Waals surface area contributed by atoms with E-state index in [9.17, 15) is 24.3 Å². The van der Waals surface area contributed by atoms with Crippen LogP contribution in [0.5, 0.6) is 17.2 Å². The average molecular weight is 641 g/mol. The van der Waals surface area contributed by atoms with Gasteiger partial charge in [-0.15, -0.1) is 0 Å². The van der Waals surface area contributed by atoms with E-state index in [0.717, 1.165) is 10.5 Å². The summed E-state index contributed by atoms with van der Waals surface area (Å²) in [7, 11) is 0. The molecule has 0 bridgehead atoms. The number of aromatic hydroxyl groups is 1. The van der Waals surface area contributed by atoms with Gasteiger partial charge in [-0.25, -0.2) is 9.69 Å². The van der Waals surface area contributed by atoms with Crippen molar-refractivity contribution in [2.45, 2.75) is 13.8 Å². The van der Waals surface area contributed by atoms with E-state index in [1.165, 1.54) is 30.3 Å². The monoisotopic (exact) mass is 641 g/mol. The zero-order chi connectivity index (χ0) is 28.1. The first-order valence-corrected chi connectivity index (χ1v) is 12.9. The summed E-state index contributed by atoms with van der Waals surface area (Å²) in [6.45, 7) is 3.73. The summed E-state index contributed by atoms with van der Waals surface area (Å²) in [5.74, 6) is -1.41. The Morgan fingerprint density at radius 3 is 2.51 bits per heavy atom. The number of hydrogen-bond donors (Lipinski definition) is 3. The van der Waals surface area contributed by atoms with Crippen LogP contribution in [0.3, 0.4) is 0 Å². The largest absolute Gasteiger partial charge is 0.508 e. The van der Waals surface area contributed by atoms with E-state index in [1.807, 2.05) is 47.7 Å². The van der Waals surface area contributed by atoms with Crippen molar-refractivity contribution in [3.8, 4) is 17.2 Å². The van der Waals surface area contributed by atoms with Crippen LogP contribution in [-0.2, 0) is 14.4 Å². The molecule has 3 N–H and O–H groups in total. The molecule has 0 aromatic heterocycles. The molecule has 3 aromatic carbocycles. The zero-order valence-corrected chi connectivity index (χ0v) is 23.1. The SMILES string of the molecule is CCOc1cc(/C=C2\C(=O)NC(=O)N(c3ccc(O)cc3)C2=O)cc(I)c1OCC(=O)Nc1cccc(C)c1. The van der Waals surface area contributed by atoms with E-state index >= 15 is 0 Å². The van der Waals surface area contributed by atoms with Crippen molar-refractivity contribution in [1.82, 2.24) is 5.32 Å². The predicted octanol–water partition coefficient (Wildman–Crippen LogP) is 4.39. The number of barbiturate groups is 1. The lowest BCUT2D eigenvalue weighted by Crippen LogP contribution is -2.54. The summed E-state index contributed by atoms with van der Waals surface area (Å²) in [5, 5.41) is 14.5. The van der Waals surface area contributed by atoms with Crippen molar-refractivity contribution in [1.29, 1.82) is 0 Å². The van der Waals surface area contributed by atoms with Crippen LogP contribution >= 0.6 is 22.6 Å². The first-order valence-electron chi connectivity index (χ1n) is 11.8. The van der Waals surface area contributed by atoms with Gasteiger partial charge in [0.2, 0.25) is 0 Å². The fraction of sp³-hybridized carbons (Fsp3) is 0.143. The van der Waals surface area contributed by atoms with Gasteiger partial charge in [0.05, 0.1) is 15.9 Å². The van der Waals surface area contributed by atoms with Crippen molar-refractivity contribution in [2.24, 2.45) is 0 Å². The number of halogens is 1. The third-order valence-corrected chi connectivity index (χ3v) is 6.30. The van der Waals surface area contributed by atoms with Crippen LogP contribution in [0, 0.1) is 10.5 Å². The van der Waals surface area contributed by atoms with E-state index in [-0.39, 0.29) is 29.5 Å². The number of phenols is 1. The van der Waals surface area contributed by atoms with Crippen LogP contribution in [0.4, 0.5) is 16.2 Å². The Morgan fingerprint density at radius 2 is 1.82 bits per heavy atom. The highest BCUT2D eigenvalue weighted by Crippen LogP contribution is 2.35. The summed E-state index contributed by atoms with van der Waals surface area (Å²) in [5.41, 5.74) is 2.02. The number of urea groups is 1. The lowest BCUT2D eigenvalue weighted by atomic mass is 10.1. The first kappa shape index (κ1) is 27.6. The maximum Gasteiger partial charge on any atom is 0.335 e. The number of carbonyl (C=O) groups is 4. The molecule has 0 unspecified atom stereocenters. The molecule has 11 heteroatoms. The number of anilines is 2. The molecule has 3 aromatic rings. The van der Waals surface area contributed by atoms with Crippen LogP contribution in [0.1, 0.15) is 18.1 Å². The van der Waals surface area contributed by atoms with Crippen LogP contribution in [0.15, 0.2) is 66.2 Å². The number of nitrogens with zero attached hydrogens (tertiary/aromatic N) is 1. The minimum Gasteiger partial charge on any atom is -0.508 e. The molecule has 0 aliphatic carbocycles. The van der Waals surface area contributed by atoms with Gasteiger partial charge in [-0.1, -0.05) is 12.1 Å². The van der Waals surface area contributed by atoms with E-state index < -0.39 is 17.8 Å². The number of imide groups is 2. The van der Waals surface area contributed by atoms with Gasteiger partial charge >= 0.3 is 6.03 Å². The number of amides is 5. The highest BCUT2D eigenvalue weighted by molar-refractivity contribution is 14.1. The van der Waals surface area contributed by atoms with Crippen molar-refractivity contribution in [3.05, 3.63) is 80.9 Å². The second kappa shape index (κ2) is 12.0. The van der Waals surface area contributed by atoms with E-state index in [2.05, 4.69) is 10.6 Å². The van der Waals surface area contributed by atoms with Crippen molar-refractivity contribution < 1.29 is 33.8 Å². The van der Waals surface area contributed by atoms with Gasteiger partial charge in [-0.2, -0.15) is 0 Å². The molecule has 0 atom stereocenters. The molecule has 10 nitrogen and oxygen atoms in total. The molecule has 1 saturated heterocycles. The van der Waals surface area contributed by atoms with Crippen molar-refractivity contribution in [2.75, 3.05) is 23.4 Å². The fourth-order valence-corrected chi connectivity index (χ4v) is 4.57. The smallest absolute Gasteiger partial charge is 0.335 e. The third-order valence-electron chi connectivity index (χ3n) is 5.50. The van der Waals surface area contributed by atoms with Gasteiger partial charge in [-0.05, 0) is 102 Å². The van der Waals surface area contributed by atoms with Gasteiger partial charge < -0.3 is 19.9 Å². The molecule has 1 aliphatic heterocycles. The molecule has 5 amide bonds. The molecular weight excluding hydrogens is 617 g/mol. The molecule has 39 heavy (non-hydrogen) atoms. The van der Waals surface area contributed by atoms with Gasteiger partial charge in [-0.3, -0.25) is 19.7 Å².